The smallest absolute Gasteiger partial charge is 0.252 e. The summed E-state index contributed by atoms with van der Waals surface area (Å²) in [7, 11) is -1.89. The van der Waals surface area contributed by atoms with E-state index in [0.717, 1.165) is 0 Å². The lowest BCUT2D eigenvalue weighted by molar-refractivity contribution is 0.00147. The van der Waals surface area contributed by atoms with E-state index < -0.39 is 14.8 Å². The van der Waals surface area contributed by atoms with Crippen LogP contribution in [0.25, 0.3) is 0 Å². The molecule has 0 bridgehead atoms. The van der Waals surface area contributed by atoms with E-state index in [0.29, 0.717) is 0 Å². The fourth-order valence-electron chi connectivity index (χ4n) is 0.156. The molecule has 0 aromatic rings. The Morgan fingerprint density at radius 2 is 2.29 bits per heavy atom. The summed E-state index contributed by atoms with van der Waals surface area (Å²) in [6.45, 7) is 1.37. The van der Waals surface area contributed by atoms with Gasteiger partial charge in [-0.3, -0.25) is 10.0 Å². The molecule has 0 fully saturated rings. The summed E-state index contributed by atoms with van der Waals surface area (Å²) in [5.74, 6) is 0. The van der Waals surface area contributed by atoms with Crippen molar-refractivity contribution in [1.82, 2.24) is 0 Å². The van der Waals surface area contributed by atoms with E-state index in [1.165, 1.54) is 6.92 Å². The zero-order chi connectivity index (χ0) is 5.86. The zero-order valence-corrected chi connectivity index (χ0v) is 4.80. The monoisotopic (exact) mass is 125 g/mol. The highest BCUT2D eigenvalue weighted by Crippen LogP contribution is 2.20. The molecule has 44 valence electrons. The van der Waals surface area contributed by atoms with Crippen molar-refractivity contribution in [3.05, 3.63) is 0 Å². The van der Waals surface area contributed by atoms with Gasteiger partial charge in [0.15, 0.2) is 6.29 Å². The molecule has 2 atom stereocenters. The van der Waals surface area contributed by atoms with Crippen molar-refractivity contribution in [2.24, 2.45) is 5.50 Å². The van der Waals surface area contributed by atoms with Gasteiger partial charge in [-0.05, 0) is 6.92 Å². The molecule has 0 aliphatic heterocycles. The average molecular weight is 125 g/mol. The molecule has 5 heteroatoms. The standard InChI is InChI=1S/C2H8NO3P/c1-2(4)6-7(3)5/h2,4-5H,3H2,1H3. The van der Waals surface area contributed by atoms with Gasteiger partial charge in [-0.1, -0.05) is 0 Å². The van der Waals surface area contributed by atoms with E-state index >= 15 is 0 Å². The van der Waals surface area contributed by atoms with Crippen LogP contribution < -0.4 is 5.50 Å². The van der Waals surface area contributed by atoms with Gasteiger partial charge in [0.1, 0.15) is 0 Å². The van der Waals surface area contributed by atoms with Gasteiger partial charge in [0.25, 0.3) is 8.53 Å². The fraction of sp³-hybridized carbons (Fsp3) is 1.00. The van der Waals surface area contributed by atoms with Gasteiger partial charge in [0.2, 0.25) is 0 Å². The molecule has 0 amide bonds. The molecule has 4 N–H and O–H groups in total. The van der Waals surface area contributed by atoms with Gasteiger partial charge in [-0.15, -0.1) is 0 Å². The van der Waals surface area contributed by atoms with E-state index in [1.807, 2.05) is 0 Å². The van der Waals surface area contributed by atoms with Gasteiger partial charge >= 0.3 is 0 Å². The van der Waals surface area contributed by atoms with Crippen LogP contribution in [0.5, 0.6) is 0 Å². The predicted octanol–water partition coefficient (Wildman–Crippen LogP) is -0.481. The highest BCUT2D eigenvalue weighted by atomic mass is 31.2. The molecule has 4 nitrogen and oxygen atoms in total. The van der Waals surface area contributed by atoms with Gasteiger partial charge in [-0.25, -0.2) is 0 Å². The van der Waals surface area contributed by atoms with Crippen LogP contribution in [0.15, 0.2) is 0 Å². The molecule has 0 heterocycles. The summed E-state index contributed by atoms with van der Waals surface area (Å²) < 4.78 is 4.20. The summed E-state index contributed by atoms with van der Waals surface area (Å²) in [6.07, 6.45) is -0.971. The minimum absolute atomic E-state index is 0.971. The fourth-order valence-corrected chi connectivity index (χ4v) is 0.469. The number of aliphatic hydroxyl groups is 1. The SMILES string of the molecule is CC(O)OP(N)O. The molecule has 0 aliphatic carbocycles. The molecule has 0 aromatic carbocycles. The molecule has 7 heavy (non-hydrogen) atoms. The Balaban J connectivity index is 2.95. The molecule has 0 aromatic heterocycles. The topological polar surface area (TPSA) is 75.7 Å². The maximum absolute atomic E-state index is 8.28. The van der Waals surface area contributed by atoms with Crippen LogP contribution in [0.4, 0.5) is 0 Å². The molecular formula is C2H8NO3P. The molecule has 0 aliphatic rings. The lowest BCUT2D eigenvalue weighted by Gasteiger charge is -2.05. The Morgan fingerprint density at radius 3 is 2.29 bits per heavy atom. The maximum Gasteiger partial charge on any atom is 0.252 e. The molecule has 0 radical (unpaired) electrons. The van der Waals surface area contributed by atoms with E-state index in [1.54, 1.807) is 0 Å². The van der Waals surface area contributed by atoms with Crippen LogP contribution in [0.3, 0.4) is 0 Å². The van der Waals surface area contributed by atoms with Crippen molar-refractivity contribution >= 4 is 8.53 Å². The van der Waals surface area contributed by atoms with Crippen molar-refractivity contribution in [3.8, 4) is 0 Å². The first-order chi connectivity index (χ1) is 3.13. The van der Waals surface area contributed by atoms with Crippen molar-refractivity contribution in [3.63, 3.8) is 0 Å². The van der Waals surface area contributed by atoms with E-state index in [-0.39, 0.29) is 0 Å². The molecule has 2 unspecified atom stereocenters. The van der Waals surface area contributed by atoms with E-state index in [9.17, 15) is 0 Å². The average Bonchev–Trinajstić information content (AvgIpc) is 1.27. The number of hydrogen-bond acceptors (Lipinski definition) is 4. The normalized spacial score (nSPS) is 18.9. The quantitative estimate of drug-likeness (QED) is 0.344. The third-order valence-electron chi connectivity index (χ3n) is 0.261. The second-order valence-corrected chi connectivity index (χ2v) is 1.82. The summed E-state index contributed by atoms with van der Waals surface area (Å²) in [6, 6.07) is 0. The number of aliphatic hydroxyl groups excluding tert-OH is 1. The number of rotatable bonds is 2. The van der Waals surface area contributed by atoms with Gasteiger partial charge in [0, 0.05) is 0 Å². The summed E-state index contributed by atoms with van der Waals surface area (Å²) in [5, 5.41) is 8.28. The van der Waals surface area contributed by atoms with Crippen LogP contribution in [-0.2, 0) is 4.52 Å². The Labute approximate surface area is 42.9 Å². The van der Waals surface area contributed by atoms with Crippen molar-refractivity contribution < 1.29 is 14.5 Å². The first kappa shape index (κ1) is 7.27. The number of nitrogens with two attached hydrogens (primary N) is 1. The van der Waals surface area contributed by atoms with Crippen molar-refractivity contribution in [2.45, 2.75) is 13.2 Å². The lowest BCUT2D eigenvalue weighted by Crippen LogP contribution is -2.04. The second-order valence-electron chi connectivity index (χ2n) is 1.01. The van der Waals surface area contributed by atoms with Gasteiger partial charge in [-0.2, -0.15) is 0 Å². The minimum Gasteiger partial charge on any atom is -0.368 e. The Morgan fingerprint density at radius 1 is 1.86 bits per heavy atom. The van der Waals surface area contributed by atoms with Crippen LogP contribution in [-0.4, -0.2) is 16.3 Å². The summed E-state index contributed by atoms with van der Waals surface area (Å²) in [5.41, 5.74) is 4.73. The first-order valence-corrected chi connectivity index (χ1v) is 2.99. The zero-order valence-electron chi connectivity index (χ0n) is 3.90. The van der Waals surface area contributed by atoms with Crippen molar-refractivity contribution in [2.75, 3.05) is 0 Å². The van der Waals surface area contributed by atoms with E-state index in [2.05, 4.69) is 4.52 Å². The highest BCUT2D eigenvalue weighted by Gasteiger charge is 1.99. The summed E-state index contributed by atoms with van der Waals surface area (Å²) >= 11 is 0. The first-order valence-electron chi connectivity index (χ1n) is 1.71. The maximum atomic E-state index is 8.28. The van der Waals surface area contributed by atoms with Gasteiger partial charge in [0.05, 0.1) is 0 Å². The summed E-state index contributed by atoms with van der Waals surface area (Å²) in [4.78, 5) is 8.18. The van der Waals surface area contributed by atoms with Crippen molar-refractivity contribution in [1.29, 1.82) is 0 Å². The van der Waals surface area contributed by atoms with E-state index in [4.69, 9.17) is 15.5 Å². The molecule has 0 spiro atoms. The van der Waals surface area contributed by atoms with Crippen LogP contribution in [0, 0.1) is 0 Å². The molecule has 0 saturated carbocycles. The third-order valence-corrected chi connectivity index (χ3v) is 0.782. The lowest BCUT2D eigenvalue weighted by atomic mass is 10.8. The molecular weight excluding hydrogens is 117 g/mol. The Bertz CT molecular complexity index is 42.2. The van der Waals surface area contributed by atoms with Crippen LogP contribution in [0.2, 0.25) is 0 Å². The molecule has 0 saturated heterocycles. The highest BCUT2D eigenvalue weighted by molar-refractivity contribution is 7.43. The third kappa shape index (κ3) is 6.27. The second kappa shape index (κ2) is 3.29. The number of hydrogen-bond donors (Lipinski definition) is 3. The Kier molecular flexibility index (Phi) is 3.42. The largest absolute Gasteiger partial charge is 0.368 e. The van der Waals surface area contributed by atoms with Gasteiger partial charge < -0.3 is 10.00 Å². The van der Waals surface area contributed by atoms with Crippen LogP contribution >= 0.6 is 8.53 Å². The predicted molar refractivity (Wildman–Crippen MR) is 26.1 cm³/mol. The van der Waals surface area contributed by atoms with Crippen LogP contribution in [0.1, 0.15) is 6.92 Å². The minimum atomic E-state index is -1.89. The Hall–Kier alpha value is 0.270. The molecule has 0 rings (SSSR count).